The van der Waals surface area contributed by atoms with Gasteiger partial charge in [-0.3, -0.25) is 0 Å². The predicted molar refractivity (Wildman–Crippen MR) is 101 cm³/mol. The molecule has 0 fully saturated rings. The summed E-state index contributed by atoms with van der Waals surface area (Å²) in [4.78, 5) is 1.25. The molecular weight excluding hydrogens is 351 g/mol. The van der Waals surface area contributed by atoms with Gasteiger partial charge in [0, 0.05) is 18.2 Å². The van der Waals surface area contributed by atoms with E-state index >= 15 is 0 Å². The molecule has 0 aliphatic rings. The Balaban J connectivity index is 1.75. The number of methoxy groups -OCH3 is 1. The summed E-state index contributed by atoms with van der Waals surface area (Å²) in [5.74, 6) is 1.31. The molecule has 0 saturated heterocycles. The van der Waals surface area contributed by atoms with Gasteiger partial charge in [0.2, 0.25) is 4.77 Å². The molecular formula is C19H22FN4OS+. The summed E-state index contributed by atoms with van der Waals surface area (Å²) in [6.45, 7) is 1.48. The number of rotatable bonds is 6. The molecule has 3 rings (SSSR count). The van der Waals surface area contributed by atoms with E-state index in [0.29, 0.717) is 11.4 Å². The fraction of sp³-hybridized carbons (Fsp3) is 0.263. The monoisotopic (exact) mass is 373 g/mol. The van der Waals surface area contributed by atoms with Crippen molar-refractivity contribution in [2.45, 2.75) is 13.2 Å². The molecule has 0 saturated carbocycles. The fourth-order valence-electron chi connectivity index (χ4n) is 2.84. The van der Waals surface area contributed by atoms with E-state index in [9.17, 15) is 4.39 Å². The summed E-state index contributed by atoms with van der Waals surface area (Å²) in [5, 5.41) is 4.63. The van der Waals surface area contributed by atoms with Crippen LogP contribution in [0.25, 0.3) is 11.4 Å². The lowest BCUT2D eigenvalue weighted by Gasteiger charge is -2.14. The molecule has 26 heavy (non-hydrogen) atoms. The van der Waals surface area contributed by atoms with Crippen molar-refractivity contribution in [3.8, 4) is 17.1 Å². The van der Waals surface area contributed by atoms with Crippen molar-refractivity contribution >= 4 is 12.2 Å². The molecule has 0 aliphatic carbocycles. The van der Waals surface area contributed by atoms with E-state index < -0.39 is 0 Å². The third-order valence-electron chi connectivity index (χ3n) is 4.23. The number of aromatic nitrogens is 3. The molecule has 1 atom stereocenters. The van der Waals surface area contributed by atoms with E-state index in [1.807, 2.05) is 28.4 Å². The maximum Gasteiger partial charge on any atom is 0.202 e. The summed E-state index contributed by atoms with van der Waals surface area (Å²) < 4.78 is 22.6. The van der Waals surface area contributed by atoms with Crippen LogP contribution in [0.2, 0.25) is 0 Å². The van der Waals surface area contributed by atoms with E-state index in [2.05, 4.69) is 24.3 Å². The van der Waals surface area contributed by atoms with Crippen molar-refractivity contribution < 1.29 is 14.0 Å². The van der Waals surface area contributed by atoms with E-state index in [1.165, 1.54) is 22.6 Å². The molecule has 5 nitrogen and oxygen atoms in total. The number of ether oxygens (including phenoxy) is 1. The first-order valence-corrected chi connectivity index (χ1v) is 8.72. The van der Waals surface area contributed by atoms with Crippen molar-refractivity contribution in [3.63, 3.8) is 0 Å². The highest BCUT2D eigenvalue weighted by Gasteiger charge is 2.13. The minimum Gasteiger partial charge on any atom is -0.497 e. The molecule has 0 radical (unpaired) electrons. The van der Waals surface area contributed by atoms with Gasteiger partial charge in [0.15, 0.2) is 12.5 Å². The largest absolute Gasteiger partial charge is 0.497 e. The highest BCUT2D eigenvalue weighted by Crippen LogP contribution is 2.17. The average Bonchev–Trinajstić information content (AvgIpc) is 2.91. The number of nitrogens with one attached hydrogen (secondary N) is 1. The Morgan fingerprint density at radius 1 is 1.12 bits per heavy atom. The van der Waals surface area contributed by atoms with Crippen LogP contribution in [0.5, 0.6) is 5.75 Å². The van der Waals surface area contributed by atoms with Crippen LogP contribution in [0.15, 0.2) is 48.5 Å². The van der Waals surface area contributed by atoms with E-state index in [-0.39, 0.29) is 5.82 Å². The Morgan fingerprint density at radius 2 is 1.77 bits per heavy atom. The first kappa shape index (κ1) is 18.3. The number of halogens is 1. The maximum atomic E-state index is 13.1. The van der Waals surface area contributed by atoms with Gasteiger partial charge in [-0.25, -0.2) is 4.39 Å². The van der Waals surface area contributed by atoms with Crippen LogP contribution >= 0.6 is 12.2 Å². The molecule has 1 aromatic heterocycles. The van der Waals surface area contributed by atoms with Crippen LogP contribution in [0.1, 0.15) is 5.56 Å². The SMILES string of the molecule is COc1ccc(C[NH+](C)Cn2nc(-c3ccc(F)cc3)n(C)c2=S)cc1. The lowest BCUT2D eigenvalue weighted by atomic mass is 10.2. The smallest absolute Gasteiger partial charge is 0.202 e. The van der Waals surface area contributed by atoms with Crippen LogP contribution in [0, 0.1) is 10.6 Å². The van der Waals surface area contributed by atoms with Gasteiger partial charge in [-0.2, -0.15) is 4.68 Å². The van der Waals surface area contributed by atoms with Gasteiger partial charge in [-0.05, 0) is 60.7 Å². The second kappa shape index (κ2) is 7.80. The molecule has 1 unspecified atom stereocenters. The Morgan fingerprint density at radius 3 is 2.38 bits per heavy atom. The van der Waals surface area contributed by atoms with Crippen LogP contribution in [0.4, 0.5) is 4.39 Å². The van der Waals surface area contributed by atoms with Crippen molar-refractivity contribution in [1.82, 2.24) is 14.3 Å². The van der Waals surface area contributed by atoms with Crippen molar-refractivity contribution in [2.75, 3.05) is 14.2 Å². The molecule has 0 amide bonds. The number of benzene rings is 2. The van der Waals surface area contributed by atoms with Gasteiger partial charge in [0.1, 0.15) is 18.1 Å². The van der Waals surface area contributed by atoms with Gasteiger partial charge >= 0.3 is 0 Å². The Bertz CT molecular complexity index is 932. The summed E-state index contributed by atoms with van der Waals surface area (Å²) in [6, 6.07) is 14.3. The zero-order chi connectivity index (χ0) is 18.7. The van der Waals surface area contributed by atoms with Gasteiger partial charge in [0.25, 0.3) is 0 Å². The first-order valence-electron chi connectivity index (χ1n) is 8.32. The maximum absolute atomic E-state index is 13.1. The van der Waals surface area contributed by atoms with Gasteiger partial charge < -0.3 is 14.2 Å². The van der Waals surface area contributed by atoms with Crippen LogP contribution < -0.4 is 9.64 Å². The molecule has 7 heteroatoms. The highest BCUT2D eigenvalue weighted by molar-refractivity contribution is 7.71. The van der Waals surface area contributed by atoms with Crippen LogP contribution in [-0.2, 0) is 20.3 Å². The normalized spacial score (nSPS) is 12.2. The number of hydrogen-bond acceptors (Lipinski definition) is 3. The van der Waals surface area contributed by atoms with Crippen molar-refractivity contribution in [2.24, 2.45) is 7.05 Å². The lowest BCUT2D eigenvalue weighted by Crippen LogP contribution is -3.07. The Labute approximate surface area is 157 Å². The topological polar surface area (TPSA) is 36.4 Å². The van der Waals surface area contributed by atoms with Gasteiger partial charge in [0.05, 0.1) is 14.2 Å². The zero-order valence-corrected chi connectivity index (χ0v) is 15.9. The van der Waals surface area contributed by atoms with Crippen LogP contribution in [-0.4, -0.2) is 28.5 Å². The number of nitrogens with zero attached hydrogens (tertiary/aromatic N) is 3. The zero-order valence-electron chi connectivity index (χ0n) is 15.1. The van der Waals surface area contributed by atoms with Gasteiger partial charge in [-0.15, -0.1) is 5.10 Å². The van der Waals surface area contributed by atoms with E-state index in [0.717, 1.165) is 23.7 Å². The van der Waals surface area contributed by atoms with E-state index in [4.69, 9.17) is 17.0 Å². The first-order chi connectivity index (χ1) is 12.5. The Kier molecular flexibility index (Phi) is 5.49. The van der Waals surface area contributed by atoms with E-state index in [1.54, 1.807) is 19.2 Å². The lowest BCUT2D eigenvalue weighted by molar-refractivity contribution is -0.917. The number of hydrogen-bond donors (Lipinski definition) is 1. The van der Waals surface area contributed by atoms with Crippen molar-refractivity contribution in [3.05, 3.63) is 64.7 Å². The molecule has 2 aromatic carbocycles. The standard InChI is InChI=1S/C19H21FN4OS/c1-22(12-14-4-10-17(25-3)11-5-14)13-24-19(26)23(2)18(21-24)15-6-8-16(20)9-7-15/h4-11H,12-13H2,1-3H3/p+1. The molecule has 136 valence electrons. The molecule has 1 heterocycles. The highest BCUT2D eigenvalue weighted by atomic mass is 32.1. The summed E-state index contributed by atoms with van der Waals surface area (Å²) >= 11 is 5.52. The third kappa shape index (κ3) is 4.00. The third-order valence-corrected chi connectivity index (χ3v) is 4.71. The molecule has 0 bridgehead atoms. The minimum absolute atomic E-state index is 0.266. The average molecular weight is 373 g/mol. The predicted octanol–water partition coefficient (Wildman–Crippen LogP) is 2.44. The molecule has 1 N–H and O–H groups in total. The molecule has 0 aliphatic heterocycles. The van der Waals surface area contributed by atoms with Crippen molar-refractivity contribution in [1.29, 1.82) is 0 Å². The fourth-order valence-corrected chi connectivity index (χ4v) is 3.04. The summed E-state index contributed by atoms with van der Waals surface area (Å²) in [6.07, 6.45) is 0. The second-order valence-electron chi connectivity index (χ2n) is 6.31. The molecule has 0 spiro atoms. The number of quaternary nitrogens is 1. The summed E-state index contributed by atoms with van der Waals surface area (Å²) in [5.41, 5.74) is 2.05. The Hall–Kier alpha value is -2.51. The quantitative estimate of drug-likeness (QED) is 0.675. The summed E-state index contributed by atoms with van der Waals surface area (Å²) in [7, 11) is 5.63. The van der Waals surface area contributed by atoms with Gasteiger partial charge in [-0.1, -0.05) is 0 Å². The second-order valence-corrected chi connectivity index (χ2v) is 6.68. The minimum atomic E-state index is -0.266. The van der Waals surface area contributed by atoms with Crippen LogP contribution in [0.3, 0.4) is 0 Å². The molecule has 3 aromatic rings.